The van der Waals surface area contributed by atoms with Crippen LogP contribution in [-0.2, 0) is 32.6 Å². The number of rotatable bonds is 8. The molecule has 1 unspecified atom stereocenters. The van der Waals surface area contributed by atoms with Crippen LogP contribution in [0.4, 0.5) is 0 Å². The molecular formula is C42H68O7Si2. The van der Waals surface area contributed by atoms with E-state index in [4.69, 9.17) is 27.8 Å². The molecule has 0 fully saturated rings. The molecule has 0 amide bonds. The highest BCUT2D eigenvalue weighted by Crippen LogP contribution is 2.40. The first kappa shape index (κ1) is 43.4. The molecule has 3 rings (SSSR count). The largest absolute Gasteiger partial charge is 0.449 e. The van der Waals surface area contributed by atoms with Crippen LogP contribution in [0.25, 0.3) is 0 Å². The zero-order chi connectivity index (χ0) is 38.0. The normalized spacial score (nSPS) is 29.3. The molecule has 3 aliphatic heterocycles. The van der Waals surface area contributed by atoms with Crippen molar-refractivity contribution in [3.05, 3.63) is 60.3 Å². The van der Waals surface area contributed by atoms with Crippen molar-refractivity contribution in [2.24, 2.45) is 0 Å². The van der Waals surface area contributed by atoms with Gasteiger partial charge in [-0.05, 0) is 75.3 Å². The summed E-state index contributed by atoms with van der Waals surface area (Å²) >= 11 is 0. The van der Waals surface area contributed by atoms with Crippen molar-refractivity contribution in [3.8, 4) is 11.8 Å². The first-order valence-electron chi connectivity index (χ1n) is 18.9. The van der Waals surface area contributed by atoms with Gasteiger partial charge < -0.3 is 27.8 Å². The molecule has 0 saturated carbocycles. The minimum Gasteiger partial charge on any atom is -0.449 e. The zero-order valence-corrected chi connectivity index (χ0v) is 35.8. The number of carbonyl (C=O) groups excluding carboxylic acids is 1. The molecule has 9 heteroatoms. The molecule has 51 heavy (non-hydrogen) atoms. The molecule has 0 aliphatic carbocycles. The van der Waals surface area contributed by atoms with Crippen LogP contribution >= 0.6 is 0 Å². The lowest BCUT2D eigenvalue weighted by atomic mass is 9.98. The fourth-order valence-corrected chi connectivity index (χ4v) is 8.36. The van der Waals surface area contributed by atoms with Crippen molar-refractivity contribution < 1.29 is 32.6 Å². The number of carbonyl (C=O) groups is 1. The van der Waals surface area contributed by atoms with Gasteiger partial charge in [-0.2, -0.15) is 0 Å². The molecule has 286 valence electrons. The molecule has 0 N–H and O–H groups in total. The maximum absolute atomic E-state index is 13.4. The summed E-state index contributed by atoms with van der Waals surface area (Å²) in [5.41, 5.74) is 2.45. The Hall–Kier alpha value is -2.04. The summed E-state index contributed by atoms with van der Waals surface area (Å²) in [7, 11) is -2.71. The average Bonchev–Trinajstić information content (AvgIpc) is 3.01. The summed E-state index contributed by atoms with van der Waals surface area (Å²) in [5, 5.41) is -0.00526. The van der Waals surface area contributed by atoms with Crippen LogP contribution in [0, 0.1) is 11.8 Å². The second-order valence-corrected chi connectivity index (χ2v) is 27.0. The van der Waals surface area contributed by atoms with Gasteiger partial charge in [-0.15, -0.1) is 0 Å². The minimum atomic E-state index is -2.30. The maximum atomic E-state index is 13.4. The summed E-state index contributed by atoms with van der Waals surface area (Å²) in [6.45, 7) is 29.7. The highest BCUT2D eigenvalue weighted by Gasteiger charge is 2.41. The first-order chi connectivity index (χ1) is 23.7. The lowest BCUT2D eigenvalue weighted by molar-refractivity contribution is -0.145. The van der Waals surface area contributed by atoms with Crippen molar-refractivity contribution in [3.63, 3.8) is 0 Å². The molecule has 0 saturated heterocycles. The van der Waals surface area contributed by atoms with Gasteiger partial charge in [0.2, 0.25) is 0 Å². The molecule has 3 heterocycles. The Bertz CT molecular complexity index is 1350. The number of hydrogen-bond acceptors (Lipinski definition) is 7. The summed E-state index contributed by atoms with van der Waals surface area (Å²) in [6, 6.07) is 0. The van der Waals surface area contributed by atoms with Crippen LogP contribution in [0.15, 0.2) is 60.3 Å². The molecule has 7 nitrogen and oxygen atoms in total. The van der Waals surface area contributed by atoms with Crippen LogP contribution in [0.5, 0.6) is 0 Å². The number of cyclic esters (lactones) is 1. The Labute approximate surface area is 312 Å². The van der Waals surface area contributed by atoms with E-state index >= 15 is 0 Å². The second kappa shape index (κ2) is 18.8. The molecule has 0 radical (unpaired) electrons. The molecule has 0 aromatic carbocycles. The fraction of sp³-hybridized carbons (Fsp3) is 0.690. The van der Waals surface area contributed by atoms with Gasteiger partial charge in [0.25, 0.3) is 0 Å². The second-order valence-electron chi connectivity index (χ2n) is 17.5. The Balaban J connectivity index is 2.03. The third-order valence-electron chi connectivity index (χ3n) is 11.1. The van der Waals surface area contributed by atoms with Crippen molar-refractivity contribution in [1.82, 2.24) is 0 Å². The molecule has 0 aromatic heterocycles. The molecule has 0 spiro atoms. The predicted molar refractivity (Wildman–Crippen MR) is 214 cm³/mol. The Morgan fingerprint density at radius 2 is 1.73 bits per heavy atom. The van der Waals surface area contributed by atoms with E-state index in [1.54, 1.807) is 7.11 Å². The van der Waals surface area contributed by atoms with E-state index in [-0.39, 0.29) is 40.6 Å². The SMILES string of the molecule is C=C1CCC[C@H]2O[C@@H](C=C[C@@H]2OC)CC#CC(=O)O[C@H]([C@@H](/C=C/[C@@H]2CC(C)=CCO2)O[Si](C)(C)C(C)(C)C)C/C=C/C(O[Si](C)(C)C(C)(C)C)C1. The highest BCUT2D eigenvalue weighted by molar-refractivity contribution is 6.74. The van der Waals surface area contributed by atoms with Gasteiger partial charge in [-0.3, -0.25) is 0 Å². The van der Waals surface area contributed by atoms with Crippen LogP contribution < -0.4 is 0 Å². The van der Waals surface area contributed by atoms with Gasteiger partial charge in [0, 0.05) is 25.9 Å². The van der Waals surface area contributed by atoms with E-state index in [1.165, 1.54) is 5.57 Å². The van der Waals surface area contributed by atoms with E-state index in [0.29, 0.717) is 19.4 Å². The first-order valence-corrected chi connectivity index (χ1v) is 24.7. The third kappa shape index (κ3) is 13.7. The van der Waals surface area contributed by atoms with Crippen molar-refractivity contribution in [2.45, 2.75) is 172 Å². The average molecular weight is 741 g/mol. The number of fused-ring (bicyclic) bond motifs is 2. The smallest absolute Gasteiger partial charge is 0.384 e. The predicted octanol–water partition coefficient (Wildman–Crippen LogP) is 9.78. The molecule has 3 aliphatic rings. The third-order valence-corrected chi connectivity index (χ3v) is 20.1. The van der Waals surface area contributed by atoms with E-state index in [0.717, 1.165) is 37.7 Å². The lowest BCUT2D eigenvalue weighted by Crippen LogP contribution is -2.47. The van der Waals surface area contributed by atoms with Gasteiger partial charge in [0.1, 0.15) is 18.3 Å². The number of esters is 1. The van der Waals surface area contributed by atoms with Crippen LogP contribution in [0.1, 0.15) is 93.4 Å². The summed E-state index contributed by atoms with van der Waals surface area (Å²) in [6.07, 6.45) is 17.8. The Morgan fingerprint density at radius 1 is 1.02 bits per heavy atom. The monoisotopic (exact) mass is 740 g/mol. The van der Waals surface area contributed by atoms with Gasteiger partial charge in [0.05, 0.1) is 31.0 Å². The quantitative estimate of drug-likeness (QED) is 0.0807. The zero-order valence-electron chi connectivity index (χ0n) is 33.8. The molecule has 7 atom stereocenters. The van der Waals surface area contributed by atoms with E-state index < -0.39 is 34.8 Å². The van der Waals surface area contributed by atoms with E-state index in [2.05, 4.69) is 123 Å². The van der Waals surface area contributed by atoms with Crippen molar-refractivity contribution in [2.75, 3.05) is 13.7 Å². The fourth-order valence-electron chi connectivity index (χ4n) is 5.82. The molecule has 0 aromatic rings. The lowest BCUT2D eigenvalue weighted by Gasteiger charge is -2.40. The van der Waals surface area contributed by atoms with Crippen LogP contribution in [0.3, 0.4) is 0 Å². The maximum Gasteiger partial charge on any atom is 0.384 e. The van der Waals surface area contributed by atoms with Gasteiger partial charge >= 0.3 is 5.97 Å². The Morgan fingerprint density at radius 3 is 2.37 bits per heavy atom. The number of methoxy groups -OCH3 is 1. The number of ether oxygens (including phenoxy) is 4. The van der Waals surface area contributed by atoms with Gasteiger partial charge in [-0.25, -0.2) is 4.79 Å². The van der Waals surface area contributed by atoms with E-state index in [9.17, 15) is 4.79 Å². The molecule has 2 bridgehead atoms. The van der Waals surface area contributed by atoms with Crippen LogP contribution in [0.2, 0.25) is 36.3 Å². The number of hydrogen-bond donors (Lipinski definition) is 0. The standard InChI is InChI=1S/C42H68O7Si2/c1-31-17-14-20-37-36(44-9)25-23-33(46-37)18-16-22-40(43)47-38(21-15-19-35(30-31)48-50(10,11)41(3,4)5)39(49-51(12,13)42(6,7)8)26-24-34-29-32(2)27-28-45-34/h15,19,23-27,33-39H,1,14,17-18,20-21,28-30H2,2-13H3/b19-15+,26-24+/t33-,34-,35?,36+,37-,38+,39-/m1/s1. The highest BCUT2D eigenvalue weighted by atomic mass is 28.4. The van der Waals surface area contributed by atoms with Gasteiger partial charge in [0.15, 0.2) is 16.6 Å². The van der Waals surface area contributed by atoms with E-state index in [1.807, 2.05) is 12.2 Å². The summed E-state index contributed by atoms with van der Waals surface area (Å²) < 4.78 is 38.4. The Kier molecular flexibility index (Phi) is 16.0. The minimum absolute atomic E-state index is 0.0457. The van der Waals surface area contributed by atoms with Crippen molar-refractivity contribution >= 4 is 22.6 Å². The van der Waals surface area contributed by atoms with Crippen molar-refractivity contribution in [1.29, 1.82) is 0 Å². The molecular weight excluding hydrogens is 673 g/mol. The topological polar surface area (TPSA) is 72.5 Å². The summed E-state index contributed by atoms with van der Waals surface area (Å²) in [5.74, 6) is 5.22. The summed E-state index contributed by atoms with van der Waals surface area (Å²) in [4.78, 5) is 13.4. The van der Waals surface area contributed by atoms with Gasteiger partial charge in [-0.1, -0.05) is 108 Å². The van der Waals surface area contributed by atoms with Crippen LogP contribution in [-0.4, -0.2) is 79.0 Å².